The first kappa shape index (κ1) is 13.5. The highest BCUT2D eigenvalue weighted by atomic mass is 32.1. The van der Waals surface area contributed by atoms with Gasteiger partial charge < -0.3 is 0 Å². The molecule has 0 saturated carbocycles. The molecule has 0 radical (unpaired) electrons. The van der Waals surface area contributed by atoms with E-state index in [1.54, 1.807) is 0 Å². The zero-order chi connectivity index (χ0) is 14.0. The molecule has 0 spiro atoms. The highest BCUT2D eigenvalue weighted by Gasteiger charge is 2.23. The van der Waals surface area contributed by atoms with Crippen LogP contribution in [0.25, 0.3) is 0 Å². The summed E-state index contributed by atoms with van der Waals surface area (Å²) >= 11 is 1.46. The fourth-order valence-electron chi connectivity index (χ4n) is 1.88. The second-order valence-corrected chi connectivity index (χ2v) is 5.94. The Morgan fingerprint density at radius 1 is 1.21 bits per heavy atom. The Balaban J connectivity index is 2.35. The van der Waals surface area contributed by atoms with E-state index >= 15 is 0 Å². The molecule has 0 amide bonds. The van der Waals surface area contributed by atoms with Gasteiger partial charge in [0.25, 0.3) is 0 Å². The topological polar surface area (TPSA) is 40.9 Å². The van der Waals surface area contributed by atoms with Gasteiger partial charge in [-0.1, -0.05) is 29.8 Å². The van der Waals surface area contributed by atoms with Gasteiger partial charge in [-0.3, -0.25) is 4.79 Å². The summed E-state index contributed by atoms with van der Waals surface area (Å²) < 4.78 is 0. The molecule has 19 heavy (non-hydrogen) atoms. The van der Waals surface area contributed by atoms with Gasteiger partial charge in [0.05, 0.1) is 10.9 Å². The van der Waals surface area contributed by atoms with E-state index in [1.807, 2.05) is 51.1 Å². The van der Waals surface area contributed by atoms with Crippen LogP contribution in [0.3, 0.4) is 0 Å². The zero-order valence-corrected chi connectivity index (χ0v) is 12.0. The molecule has 3 heteroatoms. The number of aryl methyl sites for hydroxylation is 3. The molecule has 2 aromatic rings. The molecule has 0 aliphatic heterocycles. The SMILES string of the molecule is Cc1ccc(C(C#N)C(=O)c2cc(C)c(C)s2)cc1. The smallest absolute Gasteiger partial charge is 0.194 e. The van der Waals surface area contributed by atoms with Crippen LogP contribution in [0.15, 0.2) is 30.3 Å². The highest BCUT2D eigenvalue weighted by molar-refractivity contribution is 7.14. The quantitative estimate of drug-likeness (QED) is 0.785. The largest absolute Gasteiger partial charge is 0.291 e. The minimum atomic E-state index is -0.710. The average Bonchev–Trinajstić information content (AvgIpc) is 2.73. The summed E-state index contributed by atoms with van der Waals surface area (Å²) in [6, 6.07) is 11.6. The van der Waals surface area contributed by atoms with Crippen molar-refractivity contribution >= 4 is 17.1 Å². The van der Waals surface area contributed by atoms with Crippen LogP contribution in [-0.4, -0.2) is 5.78 Å². The molecule has 0 aliphatic rings. The van der Waals surface area contributed by atoms with Crippen LogP contribution in [0.1, 0.15) is 37.2 Å². The van der Waals surface area contributed by atoms with E-state index in [2.05, 4.69) is 6.07 Å². The minimum Gasteiger partial charge on any atom is -0.291 e. The molecule has 2 rings (SSSR count). The predicted molar refractivity (Wildman–Crippen MR) is 77.7 cm³/mol. The fraction of sp³-hybridized carbons (Fsp3) is 0.250. The van der Waals surface area contributed by atoms with Gasteiger partial charge in [0.15, 0.2) is 5.78 Å². The first-order chi connectivity index (χ1) is 9.02. The van der Waals surface area contributed by atoms with Gasteiger partial charge in [-0.15, -0.1) is 11.3 Å². The molecule has 0 fully saturated rings. The van der Waals surface area contributed by atoms with Crippen LogP contribution in [0.5, 0.6) is 0 Å². The van der Waals surface area contributed by atoms with Gasteiger partial charge in [-0.2, -0.15) is 5.26 Å². The number of carbonyl (C=O) groups is 1. The van der Waals surface area contributed by atoms with Crippen LogP contribution >= 0.6 is 11.3 Å². The zero-order valence-electron chi connectivity index (χ0n) is 11.2. The second-order valence-electron chi connectivity index (χ2n) is 4.69. The van der Waals surface area contributed by atoms with Gasteiger partial charge >= 0.3 is 0 Å². The summed E-state index contributed by atoms with van der Waals surface area (Å²) in [6.45, 7) is 5.96. The van der Waals surface area contributed by atoms with Crippen molar-refractivity contribution in [3.05, 3.63) is 56.8 Å². The summed E-state index contributed by atoms with van der Waals surface area (Å²) in [4.78, 5) is 14.2. The Hall–Kier alpha value is -1.92. The normalized spacial score (nSPS) is 11.9. The second kappa shape index (κ2) is 5.38. The molecule has 1 aromatic carbocycles. The van der Waals surface area contributed by atoms with Gasteiger partial charge in [0, 0.05) is 4.88 Å². The Morgan fingerprint density at radius 3 is 2.32 bits per heavy atom. The molecular weight excluding hydrogens is 254 g/mol. The molecule has 96 valence electrons. The van der Waals surface area contributed by atoms with Crippen LogP contribution in [0.4, 0.5) is 0 Å². The maximum absolute atomic E-state index is 12.4. The molecule has 0 saturated heterocycles. The number of hydrogen-bond acceptors (Lipinski definition) is 3. The molecule has 1 unspecified atom stereocenters. The fourth-order valence-corrected chi connectivity index (χ4v) is 2.88. The number of ketones is 1. The Morgan fingerprint density at radius 2 is 1.84 bits per heavy atom. The van der Waals surface area contributed by atoms with E-state index in [1.165, 1.54) is 11.3 Å². The summed E-state index contributed by atoms with van der Waals surface area (Å²) in [5.74, 6) is -0.814. The lowest BCUT2D eigenvalue weighted by molar-refractivity contribution is 0.0982. The standard InChI is InChI=1S/C16H15NOS/c1-10-4-6-13(7-5-10)14(9-17)16(18)15-8-11(2)12(3)19-15/h4-8,14H,1-3H3. The van der Waals surface area contributed by atoms with Crippen molar-refractivity contribution in [1.29, 1.82) is 5.26 Å². The Bertz CT molecular complexity index is 627. The van der Waals surface area contributed by atoms with Crippen molar-refractivity contribution in [1.82, 2.24) is 0 Å². The van der Waals surface area contributed by atoms with Crippen molar-refractivity contribution in [2.24, 2.45) is 0 Å². The Labute approximate surface area is 117 Å². The van der Waals surface area contributed by atoms with Crippen LogP contribution < -0.4 is 0 Å². The molecule has 0 bridgehead atoms. The van der Waals surface area contributed by atoms with Gasteiger partial charge in [0.2, 0.25) is 0 Å². The molecule has 0 aliphatic carbocycles. The van der Waals surface area contributed by atoms with Crippen LogP contribution in [0.2, 0.25) is 0 Å². The number of nitrogens with zero attached hydrogens (tertiary/aromatic N) is 1. The number of nitriles is 1. The number of rotatable bonds is 3. The third-order valence-corrected chi connectivity index (χ3v) is 4.38. The minimum absolute atomic E-state index is 0.104. The predicted octanol–water partition coefficient (Wildman–Crippen LogP) is 4.16. The summed E-state index contributed by atoms with van der Waals surface area (Å²) in [5, 5.41) is 9.29. The first-order valence-corrected chi connectivity index (χ1v) is 6.92. The molecule has 2 nitrogen and oxygen atoms in total. The molecule has 1 aromatic heterocycles. The van der Waals surface area contributed by atoms with Gasteiger partial charge in [-0.25, -0.2) is 0 Å². The number of thiophene rings is 1. The lowest BCUT2D eigenvalue weighted by Crippen LogP contribution is -2.09. The van der Waals surface area contributed by atoms with E-state index in [-0.39, 0.29) is 5.78 Å². The van der Waals surface area contributed by atoms with E-state index < -0.39 is 5.92 Å². The summed E-state index contributed by atoms with van der Waals surface area (Å²) in [5.41, 5.74) is 2.99. The molecule has 0 N–H and O–H groups in total. The van der Waals surface area contributed by atoms with Gasteiger partial charge in [0.1, 0.15) is 5.92 Å². The first-order valence-electron chi connectivity index (χ1n) is 6.10. The Kier molecular flexibility index (Phi) is 3.82. The maximum atomic E-state index is 12.4. The van der Waals surface area contributed by atoms with Crippen LogP contribution in [-0.2, 0) is 0 Å². The monoisotopic (exact) mass is 269 g/mol. The van der Waals surface area contributed by atoms with Gasteiger partial charge in [-0.05, 0) is 38.0 Å². The lowest BCUT2D eigenvalue weighted by Gasteiger charge is -2.07. The molecule has 1 atom stereocenters. The van der Waals surface area contributed by atoms with E-state index in [0.717, 1.165) is 21.6 Å². The molecular formula is C16H15NOS. The van der Waals surface area contributed by atoms with Crippen molar-refractivity contribution < 1.29 is 4.79 Å². The molecule has 1 heterocycles. The van der Waals surface area contributed by atoms with Crippen LogP contribution in [0, 0.1) is 32.1 Å². The van der Waals surface area contributed by atoms with Crippen molar-refractivity contribution in [2.45, 2.75) is 26.7 Å². The number of Topliss-reactive ketones (excluding diaryl/α,β-unsaturated/α-hetero) is 1. The number of hydrogen-bond donors (Lipinski definition) is 0. The lowest BCUT2D eigenvalue weighted by atomic mass is 9.94. The van der Waals surface area contributed by atoms with Crippen molar-refractivity contribution in [3.63, 3.8) is 0 Å². The van der Waals surface area contributed by atoms with E-state index in [0.29, 0.717) is 4.88 Å². The third-order valence-electron chi connectivity index (χ3n) is 3.21. The van der Waals surface area contributed by atoms with Crippen molar-refractivity contribution in [2.75, 3.05) is 0 Å². The van der Waals surface area contributed by atoms with E-state index in [9.17, 15) is 10.1 Å². The third kappa shape index (κ3) is 2.74. The average molecular weight is 269 g/mol. The van der Waals surface area contributed by atoms with Crippen molar-refractivity contribution in [3.8, 4) is 6.07 Å². The number of benzene rings is 1. The van der Waals surface area contributed by atoms with E-state index in [4.69, 9.17) is 0 Å². The maximum Gasteiger partial charge on any atom is 0.194 e. The number of carbonyl (C=O) groups excluding carboxylic acids is 1. The summed E-state index contributed by atoms with van der Waals surface area (Å²) in [6.07, 6.45) is 0. The summed E-state index contributed by atoms with van der Waals surface area (Å²) in [7, 11) is 0. The highest BCUT2D eigenvalue weighted by Crippen LogP contribution is 2.27.